The Labute approximate surface area is 346 Å². The molecule has 10 aromatic carbocycles. The Morgan fingerprint density at radius 3 is 1.75 bits per heavy atom. The van der Waals surface area contributed by atoms with Crippen molar-refractivity contribution in [3.05, 3.63) is 218 Å². The minimum Gasteiger partial charge on any atom is -0.310 e. The van der Waals surface area contributed by atoms with Crippen LogP contribution in [0.15, 0.2) is 218 Å². The molecule has 12 aromatic rings. The van der Waals surface area contributed by atoms with Crippen molar-refractivity contribution in [3.8, 4) is 27.9 Å². The number of benzene rings is 10. The second-order valence-electron chi connectivity index (χ2n) is 15.3. The van der Waals surface area contributed by atoms with E-state index in [9.17, 15) is 0 Å². The molecular formula is C56H36N2S. The average Bonchev–Trinajstić information content (AvgIpc) is 3.86. The third-order valence-electron chi connectivity index (χ3n) is 12.0. The fourth-order valence-corrected chi connectivity index (χ4v) is 10.4. The fourth-order valence-electron chi connectivity index (χ4n) is 9.15. The van der Waals surface area contributed by atoms with Crippen molar-refractivity contribution in [2.45, 2.75) is 0 Å². The highest BCUT2D eigenvalue weighted by Gasteiger charge is 2.17. The summed E-state index contributed by atoms with van der Waals surface area (Å²) in [5, 5.41) is 10.1. The van der Waals surface area contributed by atoms with Crippen molar-refractivity contribution in [1.82, 2.24) is 4.57 Å². The summed E-state index contributed by atoms with van der Waals surface area (Å²) in [6, 6.07) is 79.9. The van der Waals surface area contributed by atoms with Gasteiger partial charge in [0.2, 0.25) is 0 Å². The zero-order valence-electron chi connectivity index (χ0n) is 32.1. The minimum absolute atomic E-state index is 1.11. The van der Waals surface area contributed by atoms with Gasteiger partial charge in [-0.25, -0.2) is 0 Å². The van der Waals surface area contributed by atoms with Gasteiger partial charge in [-0.1, -0.05) is 146 Å². The molecule has 0 aliphatic heterocycles. The van der Waals surface area contributed by atoms with Gasteiger partial charge in [-0.3, -0.25) is 0 Å². The number of hydrogen-bond acceptors (Lipinski definition) is 2. The SMILES string of the molecule is c1ccc(-n2c3ccccc3c3cc(-c4ccc(N(c5ccc(-c6cccc7c6sc6ccccc67)cc5)c5ccc6ccc7ccccc7c6c5)cc4)ccc32)cc1. The van der Waals surface area contributed by atoms with E-state index >= 15 is 0 Å². The van der Waals surface area contributed by atoms with E-state index in [-0.39, 0.29) is 0 Å². The van der Waals surface area contributed by atoms with Gasteiger partial charge in [0.05, 0.1) is 11.0 Å². The lowest BCUT2D eigenvalue weighted by Crippen LogP contribution is -2.09. The number of thiophene rings is 1. The molecule has 0 bridgehead atoms. The molecule has 2 nitrogen and oxygen atoms in total. The van der Waals surface area contributed by atoms with E-state index in [4.69, 9.17) is 0 Å². The highest BCUT2D eigenvalue weighted by atomic mass is 32.1. The van der Waals surface area contributed by atoms with Crippen molar-refractivity contribution in [2.24, 2.45) is 0 Å². The topological polar surface area (TPSA) is 8.17 Å². The van der Waals surface area contributed by atoms with Crippen LogP contribution >= 0.6 is 11.3 Å². The fraction of sp³-hybridized carbons (Fsp3) is 0. The molecule has 3 heteroatoms. The zero-order chi connectivity index (χ0) is 38.9. The molecule has 0 unspecified atom stereocenters. The number of nitrogens with zero attached hydrogens (tertiary/aromatic N) is 2. The van der Waals surface area contributed by atoms with Gasteiger partial charge in [-0.2, -0.15) is 0 Å². The van der Waals surface area contributed by atoms with Gasteiger partial charge >= 0.3 is 0 Å². The minimum atomic E-state index is 1.11. The van der Waals surface area contributed by atoms with Crippen LogP contribution in [-0.4, -0.2) is 4.57 Å². The highest BCUT2D eigenvalue weighted by Crippen LogP contribution is 2.43. The Bertz CT molecular complexity index is 3540. The van der Waals surface area contributed by atoms with Gasteiger partial charge in [0, 0.05) is 53.7 Å². The first-order chi connectivity index (χ1) is 29.2. The van der Waals surface area contributed by atoms with Crippen LogP contribution in [0.25, 0.3) is 91.5 Å². The van der Waals surface area contributed by atoms with E-state index in [1.807, 2.05) is 11.3 Å². The molecule has 2 heterocycles. The van der Waals surface area contributed by atoms with Gasteiger partial charge in [-0.05, 0) is 117 Å². The molecule has 0 amide bonds. The van der Waals surface area contributed by atoms with E-state index in [0.29, 0.717) is 0 Å². The Kier molecular flexibility index (Phi) is 7.75. The molecule has 0 aliphatic carbocycles. The lowest BCUT2D eigenvalue weighted by Gasteiger charge is -2.26. The molecule has 0 aliphatic rings. The Morgan fingerprint density at radius 2 is 0.932 bits per heavy atom. The van der Waals surface area contributed by atoms with Crippen LogP contribution in [0.3, 0.4) is 0 Å². The van der Waals surface area contributed by atoms with Gasteiger partial charge in [0.15, 0.2) is 0 Å². The maximum atomic E-state index is 2.39. The Morgan fingerprint density at radius 1 is 0.339 bits per heavy atom. The summed E-state index contributed by atoms with van der Waals surface area (Å²) >= 11 is 1.88. The quantitative estimate of drug-likeness (QED) is 0.153. The Balaban J connectivity index is 0.972. The van der Waals surface area contributed by atoms with E-state index in [1.54, 1.807) is 0 Å². The van der Waals surface area contributed by atoms with Crippen molar-refractivity contribution < 1.29 is 0 Å². The third-order valence-corrected chi connectivity index (χ3v) is 13.2. The van der Waals surface area contributed by atoms with Gasteiger partial charge < -0.3 is 9.47 Å². The lowest BCUT2D eigenvalue weighted by molar-refractivity contribution is 1.18. The van der Waals surface area contributed by atoms with E-state index in [0.717, 1.165) is 17.1 Å². The summed E-state index contributed by atoms with van der Waals surface area (Å²) in [6.07, 6.45) is 0. The van der Waals surface area contributed by atoms with Crippen molar-refractivity contribution >= 4 is 91.9 Å². The molecule has 0 spiro atoms. The molecule has 0 N–H and O–H groups in total. The predicted octanol–water partition coefficient (Wildman–Crippen LogP) is 16.3. The molecular weight excluding hydrogens is 733 g/mol. The normalized spacial score (nSPS) is 11.7. The molecule has 0 fully saturated rings. The molecule has 0 atom stereocenters. The van der Waals surface area contributed by atoms with E-state index in [1.165, 1.54) is 91.5 Å². The number of rotatable bonds is 6. The van der Waals surface area contributed by atoms with Crippen molar-refractivity contribution in [2.75, 3.05) is 4.90 Å². The van der Waals surface area contributed by atoms with Crippen LogP contribution in [0.2, 0.25) is 0 Å². The second-order valence-corrected chi connectivity index (χ2v) is 16.4. The maximum absolute atomic E-state index is 2.39. The molecule has 2 aromatic heterocycles. The summed E-state index contributed by atoms with van der Waals surface area (Å²) in [5.41, 5.74) is 11.8. The van der Waals surface area contributed by atoms with Crippen LogP contribution < -0.4 is 4.90 Å². The first kappa shape index (κ1) is 33.7. The average molecular weight is 769 g/mol. The van der Waals surface area contributed by atoms with Crippen molar-refractivity contribution in [3.63, 3.8) is 0 Å². The van der Waals surface area contributed by atoms with Crippen LogP contribution in [-0.2, 0) is 0 Å². The summed E-state index contributed by atoms with van der Waals surface area (Å²) in [7, 11) is 0. The molecule has 59 heavy (non-hydrogen) atoms. The number of fused-ring (bicyclic) bond motifs is 9. The van der Waals surface area contributed by atoms with Gasteiger partial charge in [0.25, 0.3) is 0 Å². The van der Waals surface area contributed by atoms with Crippen LogP contribution in [0, 0.1) is 0 Å². The van der Waals surface area contributed by atoms with Gasteiger partial charge in [-0.15, -0.1) is 11.3 Å². The van der Waals surface area contributed by atoms with Crippen molar-refractivity contribution in [1.29, 1.82) is 0 Å². The zero-order valence-corrected chi connectivity index (χ0v) is 32.9. The number of para-hydroxylation sites is 2. The first-order valence-electron chi connectivity index (χ1n) is 20.2. The molecule has 0 saturated carbocycles. The number of anilines is 3. The molecule has 0 radical (unpaired) electrons. The molecule has 276 valence electrons. The van der Waals surface area contributed by atoms with Crippen LogP contribution in [0.1, 0.15) is 0 Å². The Hall–Kier alpha value is -7.46. The highest BCUT2D eigenvalue weighted by molar-refractivity contribution is 7.26. The summed E-state index contributed by atoms with van der Waals surface area (Å²) in [4.78, 5) is 2.39. The van der Waals surface area contributed by atoms with E-state index in [2.05, 4.69) is 228 Å². The molecule has 0 saturated heterocycles. The monoisotopic (exact) mass is 768 g/mol. The summed E-state index contributed by atoms with van der Waals surface area (Å²) < 4.78 is 5.03. The third kappa shape index (κ3) is 5.55. The number of aromatic nitrogens is 1. The summed E-state index contributed by atoms with van der Waals surface area (Å²) in [6.45, 7) is 0. The molecule has 12 rings (SSSR count). The largest absolute Gasteiger partial charge is 0.310 e. The lowest BCUT2D eigenvalue weighted by atomic mass is 10.00. The van der Waals surface area contributed by atoms with Gasteiger partial charge in [0.1, 0.15) is 0 Å². The number of hydrogen-bond donors (Lipinski definition) is 0. The second kappa shape index (κ2) is 13.6. The maximum Gasteiger partial charge on any atom is 0.0541 e. The first-order valence-corrected chi connectivity index (χ1v) is 21.0. The van der Waals surface area contributed by atoms with Crippen LogP contribution in [0.5, 0.6) is 0 Å². The summed E-state index contributed by atoms with van der Waals surface area (Å²) in [5.74, 6) is 0. The predicted molar refractivity (Wildman–Crippen MR) is 254 cm³/mol. The van der Waals surface area contributed by atoms with E-state index < -0.39 is 0 Å². The standard InChI is InChI=1S/C56H36N2S/c1-2-12-42(13-3-1)58-53-19-8-6-15-48(53)52-35-41(28-34-54(52)58)37-23-29-43(30-24-37)57(45-33-27-40-22-21-38-11-4-5-14-46(38)51(40)36-45)44-31-25-39(26-32-44)47-17-10-18-50-49-16-7-9-20-55(49)59-56(47)50/h1-36H. The van der Waals surface area contributed by atoms with Crippen LogP contribution in [0.4, 0.5) is 17.1 Å². The smallest absolute Gasteiger partial charge is 0.0541 e.